The topological polar surface area (TPSA) is 34.9 Å². The van der Waals surface area contributed by atoms with E-state index in [0.717, 1.165) is 10.7 Å². The second-order valence-electron chi connectivity index (χ2n) is 2.91. The standard InChI is InChI=1S/C10H6F2N2O/c11-8-2-1-3-9(10(8)12)14-5-7(6-15)4-13-14/h1-6H. The summed E-state index contributed by atoms with van der Waals surface area (Å²) in [5, 5.41) is 3.74. The van der Waals surface area contributed by atoms with Gasteiger partial charge in [0.15, 0.2) is 17.9 Å². The number of benzene rings is 1. The molecule has 0 spiro atoms. The molecule has 0 aliphatic heterocycles. The van der Waals surface area contributed by atoms with Crippen LogP contribution in [-0.2, 0) is 0 Å². The molecule has 0 saturated carbocycles. The van der Waals surface area contributed by atoms with Gasteiger partial charge in [0.2, 0.25) is 0 Å². The Labute approximate surface area is 84.0 Å². The van der Waals surface area contributed by atoms with Gasteiger partial charge in [-0.2, -0.15) is 5.10 Å². The Morgan fingerprint density at radius 1 is 1.33 bits per heavy atom. The Balaban J connectivity index is 2.53. The Morgan fingerprint density at radius 3 is 2.80 bits per heavy atom. The predicted molar refractivity (Wildman–Crippen MR) is 48.9 cm³/mol. The first-order chi connectivity index (χ1) is 7.22. The molecule has 0 fully saturated rings. The lowest BCUT2D eigenvalue weighted by Gasteiger charge is -2.02. The number of aldehydes is 1. The highest BCUT2D eigenvalue weighted by molar-refractivity contribution is 5.73. The van der Waals surface area contributed by atoms with E-state index in [4.69, 9.17) is 0 Å². The van der Waals surface area contributed by atoms with Crippen molar-refractivity contribution in [2.75, 3.05) is 0 Å². The van der Waals surface area contributed by atoms with Crippen LogP contribution >= 0.6 is 0 Å². The maximum absolute atomic E-state index is 13.3. The summed E-state index contributed by atoms with van der Waals surface area (Å²) in [5.74, 6) is -1.94. The molecule has 0 aliphatic carbocycles. The molecule has 0 unspecified atom stereocenters. The van der Waals surface area contributed by atoms with Gasteiger partial charge < -0.3 is 0 Å². The van der Waals surface area contributed by atoms with Gasteiger partial charge in [0.25, 0.3) is 0 Å². The van der Waals surface area contributed by atoms with E-state index in [2.05, 4.69) is 5.10 Å². The van der Waals surface area contributed by atoms with Crippen molar-refractivity contribution in [1.82, 2.24) is 9.78 Å². The Morgan fingerprint density at radius 2 is 2.13 bits per heavy atom. The molecule has 0 radical (unpaired) electrons. The van der Waals surface area contributed by atoms with Crippen molar-refractivity contribution in [2.45, 2.75) is 0 Å². The van der Waals surface area contributed by atoms with Crippen LogP contribution in [-0.4, -0.2) is 16.1 Å². The summed E-state index contributed by atoms with van der Waals surface area (Å²) in [6.45, 7) is 0. The van der Waals surface area contributed by atoms with E-state index in [1.54, 1.807) is 0 Å². The molecule has 0 N–H and O–H groups in total. The maximum atomic E-state index is 13.3. The fourth-order valence-corrected chi connectivity index (χ4v) is 1.20. The molecule has 0 aliphatic rings. The number of hydrogen-bond donors (Lipinski definition) is 0. The lowest BCUT2D eigenvalue weighted by atomic mass is 10.3. The van der Waals surface area contributed by atoms with Crippen LogP contribution in [0.25, 0.3) is 5.69 Å². The third-order valence-corrected chi connectivity index (χ3v) is 1.92. The highest BCUT2D eigenvalue weighted by atomic mass is 19.2. The molecule has 76 valence electrons. The molecular formula is C10H6F2N2O. The van der Waals surface area contributed by atoms with Crippen LogP contribution in [0, 0.1) is 11.6 Å². The third-order valence-electron chi connectivity index (χ3n) is 1.92. The Hall–Kier alpha value is -2.04. The average Bonchev–Trinajstić information content (AvgIpc) is 2.70. The monoisotopic (exact) mass is 208 g/mol. The molecule has 0 saturated heterocycles. The molecule has 5 heteroatoms. The number of aromatic nitrogens is 2. The lowest BCUT2D eigenvalue weighted by Crippen LogP contribution is -1.99. The second kappa shape index (κ2) is 3.61. The Bertz CT molecular complexity index is 508. The molecule has 1 aromatic heterocycles. The van der Waals surface area contributed by atoms with Crippen LogP contribution in [0.3, 0.4) is 0 Å². The first-order valence-corrected chi connectivity index (χ1v) is 4.16. The zero-order valence-electron chi connectivity index (χ0n) is 7.52. The van der Waals surface area contributed by atoms with Crippen molar-refractivity contribution < 1.29 is 13.6 Å². The van der Waals surface area contributed by atoms with Crippen molar-refractivity contribution in [2.24, 2.45) is 0 Å². The molecule has 1 aromatic carbocycles. The van der Waals surface area contributed by atoms with Gasteiger partial charge in [-0.25, -0.2) is 13.5 Å². The molecule has 15 heavy (non-hydrogen) atoms. The minimum absolute atomic E-state index is 0.0249. The lowest BCUT2D eigenvalue weighted by molar-refractivity contribution is 0.112. The van der Waals surface area contributed by atoms with E-state index in [1.165, 1.54) is 24.5 Å². The van der Waals surface area contributed by atoms with E-state index >= 15 is 0 Å². The molecule has 0 atom stereocenters. The van der Waals surface area contributed by atoms with E-state index in [9.17, 15) is 13.6 Å². The summed E-state index contributed by atoms with van der Waals surface area (Å²) in [7, 11) is 0. The van der Waals surface area contributed by atoms with Crippen molar-refractivity contribution in [3.05, 3.63) is 47.8 Å². The van der Waals surface area contributed by atoms with Crippen LogP contribution in [0.15, 0.2) is 30.6 Å². The number of nitrogens with zero attached hydrogens (tertiary/aromatic N) is 2. The zero-order chi connectivity index (χ0) is 10.8. The Kier molecular flexibility index (Phi) is 2.29. The van der Waals surface area contributed by atoms with Gasteiger partial charge in [0.1, 0.15) is 5.69 Å². The van der Waals surface area contributed by atoms with E-state index < -0.39 is 11.6 Å². The van der Waals surface area contributed by atoms with Gasteiger partial charge in [0.05, 0.1) is 11.8 Å². The van der Waals surface area contributed by atoms with Crippen molar-refractivity contribution in [1.29, 1.82) is 0 Å². The highest BCUT2D eigenvalue weighted by Gasteiger charge is 2.10. The summed E-state index contributed by atoms with van der Waals surface area (Å²) >= 11 is 0. The van der Waals surface area contributed by atoms with Crippen LogP contribution in [0.1, 0.15) is 10.4 Å². The van der Waals surface area contributed by atoms with Crippen molar-refractivity contribution >= 4 is 6.29 Å². The predicted octanol–water partition coefficient (Wildman–Crippen LogP) is 1.96. The minimum Gasteiger partial charge on any atom is -0.298 e. The minimum atomic E-state index is -0.988. The number of halogens is 2. The summed E-state index contributed by atoms with van der Waals surface area (Å²) in [6.07, 6.45) is 3.18. The normalized spacial score (nSPS) is 10.3. The van der Waals surface area contributed by atoms with Gasteiger partial charge in [-0.05, 0) is 12.1 Å². The smallest absolute Gasteiger partial charge is 0.184 e. The summed E-state index contributed by atoms with van der Waals surface area (Å²) in [5.41, 5.74) is 0.279. The van der Waals surface area contributed by atoms with Gasteiger partial charge >= 0.3 is 0 Å². The molecule has 2 aromatic rings. The number of hydrogen-bond acceptors (Lipinski definition) is 2. The summed E-state index contributed by atoms with van der Waals surface area (Å²) < 4.78 is 27.3. The first-order valence-electron chi connectivity index (χ1n) is 4.16. The van der Waals surface area contributed by atoms with Crippen LogP contribution in [0.2, 0.25) is 0 Å². The van der Waals surface area contributed by atoms with Gasteiger partial charge in [-0.1, -0.05) is 6.07 Å². The van der Waals surface area contributed by atoms with E-state index in [-0.39, 0.29) is 5.69 Å². The SMILES string of the molecule is O=Cc1cnn(-c2cccc(F)c2F)c1. The highest BCUT2D eigenvalue weighted by Crippen LogP contribution is 2.15. The third kappa shape index (κ3) is 1.63. The molecule has 3 nitrogen and oxygen atoms in total. The molecular weight excluding hydrogens is 202 g/mol. The van der Waals surface area contributed by atoms with E-state index in [1.807, 2.05) is 0 Å². The molecule has 0 bridgehead atoms. The van der Waals surface area contributed by atoms with Crippen molar-refractivity contribution in [3.63, 3.8) is 0 Å². The summed E-state index contributed by atoms with van der Waals surface area (Å²) in [6, 6.07) is 3.76. The molecule has 1 heterocycles. The first kappa shape index (κ1) is 9.51. The van der Waals surface area contributed by atoms with Crippen LogP contribution < -0.4 is 0 Å². The largest absolute Gasteiger partial charge is 0.298 e. The second-order valence-corrected chi connectivity index (χ2v) is 2.91. The fourth-order valence-electron chi connectivity index (χ4n) is 1.20. The van der Waals surface area contributed by atoms with Crippen LogP contribution in [0.5, 0.6) is 0 Å². The van der Waals surface area contributed by atoms with Crippen molar-refractivity contribution in [3.8, 4) is 5.69 Å². The number of rotatable bonds is 2. The van der Waals surface area contributed by atoms with Gasteiger partial charge in [0, 0.05) is 6.20 Å². The quantitative estimate of drug-likeness (QED) is 0.707. The van der Waals surface area contributed by atoms with E-state index in [0.29, 0.717) is 11.8 Å². The molecule has 2 rings (SSSR count). The molecule has 0 amide bonds. The number of carbonyl (C=O) groups excluding carboxylic acids is 1. The fraction of sp³-hybridized carbons (Fsp3) is 0. The van der Waals surface area contributed by atoms with Crippen LogP contribution in [0.4, 0.5) is 8.78 Å². The summed E-state index contributed by atoms with van der Waals surface area (Å²) in [4.78, 5) is 10.4. The van der Waals surface area contributed by atoms with Gasteiger partial charge in [-0.15, -0.1) is 0 Å². The number of carbonyl (C=O) groups is 1. The maximum Gasteiger partial charge on any atom is 0.184 e. The average molecular weight is 208 g/mol. The van der Waals surface area contributed by atoms with Gasteiger partial charge in [-0.3, -0.25) is 4.79 Å². The zero-order valence-corrected chi connectivity index (χ0v) is 7.52.